The van der Waals surface area contributed by atoms with Crippen molar-refractivity contribution in [1.82, 2.24) is 20.2 Å². The van der Waals surface area contributed by atoms with E-state index < -0.39 is 31.3 Å². The van der Waals surface area contributed by atoms with Crippen molar-refractivity contribution >= 4 is 34.1 Å². The van der Waals surface area contributed by atoms with Gasteiger partial charge in [0.15, 0.2) is 11.2 Å². The molecule has 2 aliphatic heterocycles. The standard InChI is InChI=1S/C43H40F4N4O8/c1-21-26(7-4-9-28(21)38-49-30-16-24(15-23-12-13-48-37(23)40(52)53)33(58-42(44)45)18-35(30)56-38)27-8-5-10-29(22(27)2)39-50-31-17-25(34(59-43(46)47)19-36(31)57-39)20-51-14-6-11-32(51)41(54)55-3/h4-5,7-10,16-19,23,32,37,42-43,48H,6,11-15,20H2,1-3H3,(H,52,53)/t23?,32-,37-/m0/s1. The van der Waals surface area contributed by atoms with Crippen molar-refractivity contribution in [2.75, 3.05) is 20.2 Å². The van der Waals surface area contributed by atoms with Crippen LogP contribution in [0.1, 0.15) is 41.5 Å². The van der Waals surface area contributed by atoms with Gasteiger partial charge >= 0.3 is 25.2 Å². The van der Waals surface area contributed by atoms with Gasteiger partial charge in [0.2, 0.25) is 11.8 Å². The van der Waals surface area contributed by atoms with Gasteiger partial charge in [0.25, 0.3) is 0 Å². The highest BCUT2D eigenvalue weighted by molar-refractivity contribution is 5.86. The smallest absolute Gasteiger partial charge is 0.387 e. The summed E-state index contributed by atoms with van der Waals surface area (Å²) in [5.41, 5.74) is 6.78. The van der Waals surface area contributed by atoms with Gasteiger partial charge in [-0.05, 0) is 111 Å². The van der Waals surface area contributed by atoms with Crippen molar-refractivity contribution in [1.29, 1.82) is 0 Å². The first-order valence-corrected chi connectivity index (χ1v) is 19.1. The number of ether oxygens (including phenoxy) is 3. The van der Waals surface area contributed by atoms with Crippen LogP contribution in [0.4, 0.5) is 17.6 Å². The van der Waals surface area contributed by atoms with Crippen LogP contribution >= 0.6 is 0 Å². The number of aliphatic carboxylic acids is 1. The zero-order valence-electron chi connectivity index (χ0n) is 32.3. The lowest BCUT2D eigenvalue weighted by atomic mass is 9.91. The van der Waals surface area contributed by atoms with Gasteiger partial charge in [-0.2, -0.15) is 17.6 Å². The number of nitrogens with zero attached hydrogens (tertiary/aromatic N) is 3. The van der Waals surface area contributed by atoms with Crippen molar-refractivity contribution in [3.8, 4) is 45.5 Å². The predicted octanol–water partition coefficient (Wildman–Crippen LogP) is 8.53. The average Bonchev–Trinajstić information content (AvgIpc) is 4.02. The number of methoxy groups -OCH3 is 1. The molecule has 12 nitrogen and oxygen atoms in total. The van der Waals surface area contributed by atoms with E-state index in [1.807, 2.05) is 55.1 Å². The fraction of sp³-hybridized carbons (Fsp3) is 0.349. The highest BCUT2D eigenvalue weighted by Gasteiger charge is 2.34. The number of benzene rings is 4. The second kappa shape index (κ2) is 16.3. The van der Waals surface area contributed by atoms with Gasteiger partial charge in [0.05, 0.1) is 7.11 Å². The molecule has 0 bridgehead atoms. The zero-order chi connectivity index (χ0) is 41.5. The Hall–Kier alpha value is -6.00. The van der Waals surface area contributed by atoms with Crippen LogP contribution < -0.4 is 14.8 Å². The quantitative estimate of drug-likeness (QED) is 0.0850. The molecule has 59 heavy (non-hydrogen) atoms. The third-order valence-electron chi connectivity index (χ3n) is 11.3. The largest absolute Gasteiger partial charge is 0.480 e. The zero-order valence-corrected chi connectivity index (χ0v) is 32.3. The summed E-state index contributed by atoms with van der Waals surface area (Å²) in [6, 6.07) is 16.0. The van der Waals surface area contributed by atoms with Gasteiger partial charge < -0.3 is 33.5 Å². The second-order valence-corrected chi connectivity index (χ2v) is 14.8. The number of oxazole rings is 2. The van der Waals surface area contributed by atoms with Crippen LogP contribution in [-0.2, 0) is 27.3 Å². The molecule has 3 atom stereocenters. The molecule has 2 aliphatic rings. The van der Waals surface area contributed by atoms with Crippen molar-refractivity contribution in [3.63, 3.8) is 0 Å². The number of alkyl halides is 4. The van der Waals surface area contributed by atoms with E-state index in [1.54, 1.807) is 12.1 Å². The van der Waals surface area contributed by atoms with E-state index in [9.17, 15) is 32.3 Å². The van der Waals surface area contributed by atoms with Gasteiger partial charge in [-0.15, -0.1) is 0 Å². The number of carbonyl (C=O) groups excluding carboxylic acids is 1. The minimum Gasteiger partial charge on any atom is -0.480 e. The normalized spacial score (nSPS) is 18.4. The van der Waals surface area contributed by atoms with E-state index in [1.165, 1.54) is 19.2 Å². The first-order valence-electron chi connectivity index (χ1n) is 19.1. The Morgan fingerprint density at radius 1 is 0.831 bits per heavy atom. The molecule has 2 saturated heterocycles. The highest BCUT2D eigenvalue weighted by Crippen LogP contribution is 2.40. The number of nitrogens with one attached hydrogen (secondary N) is 1. The Labute approximate surface area is 335 Å². The number of carboxylic acid groups (broad SMARTS) is 1. The summed E-state index contributed by atoms with van der Waals surface area (Å²) < 4.78 is 81.3. The maximum Gasteiger partial charge on any atom is 0.387 e. The number of likely N-dealkylation sites (tertiary alicyclic amines) is 1. The van der Waals surface area contributed by atoms with Crippen LogP contribution in [0.25, 0.3) is 56.2 Å². The molecule has 2 fully saturated rings. The van der Waals surface area contributed by atoms with Gasteiger partial charge in [0.1, 0.15) is 34.6 Å². The Morgan fingerprint density at radius 3 is 1.92 bits per heavy atom. The molecule has 2 N–H and O–H groups in total. The van der Waals surface area contributed by atoms with Crippen molar-refractivity contribution in [3.05, 3.63) is 82.9 Å². The molecule has 0 amide bonds. The molecule has 4 heterocycles. The number of carboxylic acids is 1. The molecule has 1 unspecified atom stereocenters. The van der Waals surface area contributed by atoms with E-state index in [2.05, 4.69) is 5.32 Å². The topological polar surface area (TPSA) is 149 Å². The lowest BCUT2D eigenvalue weighted by molar-refractivity contribution is -0.146. The summed E-state index contributed by atoms with van der Waals surface area (Å²) in [6.45, 7) is -1.10. The van der Waals surface area contributed by atoms with E-state index in [0.29, 0.717) is 59.2 Å². The van der Waals surface area contributed by atoms with Crippen LogP contribution in [0, 0.1) is 19.8 Å². The van der Waals surface area contributed by atoms with Gasteiger partial charge in [-0.1, -0.05) is 24.3 Å². The van der Waals surface area contributed by atoms with Crippen LogP contribution in [0.3, 0.4) is 0 Å². The molecule has 16 heteroatoms. The summed E-state index contributed by atoms with van der Waals surface area (Å²) in [6.07, 6.45) is 2.10. The van der Waals surface area contributed by atoms with Crippen molar-refractivity contribution < 1.29 is 55.3 Å². The molecule has 308 valence electrons. The van der Waals surface area contributed by atoms with Crippen LogP contribution in [0.5, 0.6) is 11.5 Å². The molecule has 0 radical (unpaired) electrons. The molecule has 0 aliphatic carbocycles. The van der Waals surface area contributed by atoms with Gasteiger partial charge in [-0.25, -0.2) is 9.97 Å². The van der Waals surface area contributed by atoms with Gasteiger partial charge in [-0.3, -0.25) is 14.5 Å². The molecule has 8 rings (SSSR count). The van der Waals surface area contributed by atoms with E-state index in [0.717, 1.165) is 28.7 Å². The summed E-state index contributed by atoms with van der Waals surface area (Å²) >= 11 is 0. The Bertz CT molecular complexity index is 2560. The number of fused-ring (bicyclic) bond motifs is 2. The first kappa shape index (κ1) is 39.8. The molecule has 6 aromatic rings. The number of carbonyl (C=O) groups is 2. The minimum atomic E-state index is -3.10. The number of rotatable bonds is 13. The molecule has 4 aromatic carbocycles. The first-order chi connectivity index (χ1) is 28.4. The Kier molecular flexibility index (Phi) is 11.0. The third-order valence-corrected chi connectivity index (χ3v) is 11.3. The fourth-order valence-corrected chi connectivity index (χ4v) is 8.43. The van der Waals surface area contributed by atoms with Gasteiger partial charge in [0, 0.05) is 35.4 Å². The Balaban J connectivity index is 1.12. The molecular formula is C43H40F4N4O8. The maximum absolute atomic E-state index is 13.6. The van der Waals surface area contributed by atoms with Crippen LogP contribution in [0.2, 0.25) is 0 Å². The minimum absolute atomic E-state index is 0.0743. The lowest BCUT2D eigenvalue weighted by Gasteiger charge is -2.23. The number of aromatic nitrogens is 2. The van der Waals surface area contributed by atoms with E-state index in [4.69, 9.17) is 33.0 Å². The number of esters is 1. The summed E-state index contributed by atoms with van der Waals surface area (Å²) in [7, 11) is 1.32. The second-order valence-electron chi connectivity index (χ2n) is 14.8. The molecule has 0 saturated carbocycles. The van der Waals surface area contributed by atoms with E-state index >= 15 is 0 Å². The SMILES string of the molecule is COC(=O)[C@@H]1CCCN1Cc1cc2nc(-c3cccc(-c4cccc(-c5nc6cc(CC7CCN[C@@H]7C(=O)O)c(OC(F)F)cc6o5)c4C)c3C)oc2cc1OC(F)F. The molecule has 2 aromatic heterocycles. The van der Waals surface area contributed by atoms with Crippen LogP contribution in [-0.4, -0.2) is 77.4 Å². The number of halogens is 4. The molecule has 0 spiro atoms. The summed E-state index contributed by atoms with van der Waals surface area (Å²) in [5, 5.41) is 12.6. The fourth-order valence-electron chi connectivity index (χ4n) is 8.43. The van der Waals surface area contributed by atoms with E-state index in [-0.39, 0.29) is 59.3 Å². The summed E-state index contributed by atoms with van der Waals surface area (Å²) in [4.78, 5) is 35.6. The Morgan fingerprint density at radius 2 is 1.37 bits per heavy atom. The average molecular weight is 817 g/mol. The number of hydrogen-bond acceptors (Lipinski definition) is 11. The maximum atomic E-state index is 13.6. The predicted molar refractivity (Wildman–Crippen MR) is 207 cm³/mol. The summed E-state index contributed by atoms with van der Waals surface area (Å²) in [5.74, 6) is -1.38. The number of hydrogen-bond donors (Lipinski definition) is 2. The van der Waals surface area contributed by atoms with Crippen molar-refractivity contribution in [2.45, 2.75) is 71.4 Å². The third kappa shape index (κ3) is 7.93. The monoisotopic (exact) mass is 816 g/mol. The highest BCUT2D eigenvalue weighted by atomic mass is 19.3. The lowest BCUT2D eigenvalue weighted by Crippen LogP contribution is -2.36. The molecular weight excluding hydrogens is 776 g/mol. The van der Waals surface area contributed by atoms with Crippen LogP contribution in [0.15, 0.2) is 69.5 Å². The van der Waals surface area contributed by atoms with Crippen molar-refractivity contribution in [2.24, 2.45) is 5.92 Å².